The lowest BCUT2D eigenvalue weighted by Crippen LogP contribution is -2.62. The predicted molar refractivity (Wildman–Crippen MR) is 312 cm³/mol. The van der Waals surface area contributed by atoms with E-state index in [1.54, 1.807) is 31.2 Å². The van der Waals surface area contributed by atoms with Crippen molar-refractivity contribution in [3.05, 3.63) is 108 Å². The summed E-state index contributed by atoms with van der Waals surface area (Å²) < 4.78 is 11.2. The number of hydrogen-bond acceptors (Lipinski definition) is 14. The van der Waals surface area contributed by atoms with E-state index in [0.29, 0.717) is 44.6 Å². The fourth-order valence-corrected chi connectivity index (χ4v) is 10.3. The number of rotatable bonds is 31. The molecule has 21 nitrogen and oxygen atoms in total. The average molecular weight is 1150 g/mol. The normalized spacial score (nSPS) is 18.0. The van der Waals surface area contributed by atoms with Gasteiger partial charge in [-0.1, -0.05) is 101 Å². The van der Waals surface area contributed by atoms with Gasteiger partial charge in [-0.15, -0.1) is 0 Å². The van der Waals surface area contributed by atoms with Crippen molar-refractivity contribution in [2.75, 3.05) is 52.6 Å². The largest absolute Gasteiger partial charge is 0.508 e. The zero-order valence-electron chi connectivity index (χ0n) is 48.3. The monoisotopic (exact) mass is 1150 g/mol. The first-order valence-electron chi connectivity index (χ1n) is 29.0. The number of phenolic OH excluding ortho intramolecular Hbond substituents is 1. The number of carbonyl (C=O) groups is 7. The summed E-state index contributed by atoms with van der Waals surface area (Å²) in [6, 6.07) is 22.3. The number of nitrogens with zero attached hydrogens (tertiary/aromatic N) is 2. The van der Waals surface area contributed by atoms with Crippen LogP contribution in [0.5, 0.6) is 11.5 Å². The molecule has 4 aromatic carbocycles. The average Bonchev–Trinajstić information content (AvgIpc) is 4.16. The van der Waals surface area contributed by atoms with Crippen molar-refractivity contribution < 1.29 is 63.5 Å². The topological polar surface area (TPSA) is 298 Å². The van der Waals surface area contributed by atoms with E-state index in [4.69, 9.17) is 14.6 Å². The first-order chi connectivity index (χ1) is 39.9. The molecule has 9 atom stereocenters. The van der Waals surface area contributed by atoms with Crippen LogP contribution in [0.15, 0.2) is 97.1 Å². The van der Waals surface area contributed by atoms with Gasteiger partial charge < -0.3 is 66.3 Å². The van der Waals surface area contributed by atoms with Gasteiger partial charge in [0.15, 0.2) is 0 Å². The molecule has 450 valence electrons. The predicted octanol–water partition coefficient (Wildman–Crippen LogP) is 3.55. The second-order valence-corrected chi connectivity index (χ2v) is 21.4. The number of carbonyl (C=O) groups excluding carboxylic acids is 7. The molecule has 2 aliphatic heterocycles. The van der Waals surface area contributed by atoms with E-state index in [1.807, 2.05) is 62.4 Å². The molecule has 2 fully saturated rings. The van der Waals surface area contributed by atoms with Gasteiger partial charge >= 0.3 is 0 Å². The molecule has 0 bridgehead atoms. The molecular weight excluding hydrogens is 1060 g/mol. The van der Waals surface area contributed by atoms with Gasteiger partial charge in [-0.25, -0.2) is 0 Å². The molecule has 2 aliphatic rings. The van der Waals surface area contributed by atoms with Crippen molar-refractivity contribution in [3.8, 4) is 33.8 Å². The molecule has 10 N–H and O–H groups in total. The lowest BCUT2D eigenvalue weighted by Gasteiger charge is -2.33. The maximum absolute atomic E-state index is 14.4. The van der Waals surface area contributed by atoms with Crippen LogP contribution in [0.2, 0.25) is 0 Å². The first-order valence-corrected chi connectivity index (χ1v) is 29.0. The number of benzene rings is 4. The zero-order chi connectivity index (χ0) is 60.0. The van der Waals surface area contributed by atoms with Gasteiger partial charge in [-0.3, -0.25) is 38.9 Å². The summed E-state index contributed by atoms with van der Waals surface area (Å²) in [5.74, 6) is -4.03. The highest BCUT2D eigenvalue weighted by Crippen LogP contribution is 2.28. The highest BCUT2D eigenvalue weighted by Gasteiger charge is 2.44. The van der Waals surface area contributed by atoms with Gasteiger partial charge in [0.05, 0.1) is 51.3 Å². The molecule has 2 saturated heterocycles. The van der Waals surface area contributed by atoms with Gasteiger partial charge in [-0.2, -0.15) is 0 Å². The molecule has 0 aromatic heterocycles. The van der Waals surface area contributed by atoms with E-state index in [0.717, 1.165) is 47.3 Å². The smallest absolute Gasteiger partial charge is 0.251 e. The van der Waals surface area contributed by atoms with Crippen molar-refractivity contribution in [2.24, 2.45) is 5.92 Å². The van der Waals surface area contributed by atoms with E-state index in [1.165, 1.54) is 41.0 Å². The molecule has 0 aliphatic carbocycles. The summed E-state index contributed by atoms with van der Waals surface area (Å²) in [7, 11) is 0. The van der Waals surface area contributed by atoms with Crippen LogP contribution in [0.25, 0.3) is 22.3 Å². The quantitative estimate of drug-likeness (QED) is 0.0255. The van der Waals surface area contributed by atoms with Crippen LogP contribution in [-0.2, 0) is 39.9 Å². The second-order valence-electron chi connectivity index (χ2n) is 21.4. The maximum atomic E-state index is 14.4. The molecule has 0 saturated carbocycles. The number of hydrogen-bond donors (Lipinski definition) is 10. The minimum atomic E-state index is -1.68. The Hall–Kier alpha value is -7.43. The number of nitrogens with one attached hydrogen (secondary N) is 6. The molecule has 0 spiro atoms. The fraction of sp³-hybridized carbons (Fsp3) is 0.500. The van der Waals surface area contributed by atoms with Crippen molar-refractivity contribution in [1.82, 2.24) is 41.7 Å². The lowest BCUT2D eigenvalue weighted by molar-refractivity contribution is -0.145. The molecule has 4 aromatic rings. The summed E-state index contributed by atoms with van der Waals surface area (Å²) in [5, 5.41) is 58.0. The van der Waals surface area contributed by atoms with Gasteiger partial charge in [0, 0.05) is 31.6 Å². The summed E-state index contributed by atoms with van der Waals surface area (Å²) in [6.07, 6.45) is 1.10. The van der Waals surface area contributed by atoms with E-state index in [2.05, 4.69) is 38.8 Å². The first kappa shape index (κ1) is 64.7. The zero-order valence-corrected chi connectivity index (χ0v) is 48.3. The highest BCUT2D eigenvalue weighted by molar-refractivity contribution is 5.99. The van der Waals surface area contributed by atoms with Crippen LogP contribution >= 0.6 is 0 Å². The standard InChI is InChI=1S/C62H84N8O13/c1-6-9-10-32-83-48-27-23-45(24-28-48)43-17-15-42(16-18-43)44-19-21-46(22-20-44)57(76)64-37-54(75)67-55(40(5)72)62(81)69-30-11-12-50(69)58(77)68-56(52(74)36-41-13-25-47(73)26-14-41)60(79)65-49(7-2)61(80)70-38-39(4)35-51(70)59(78)66-53(8-3)63-29-33-82-34-31-71/h13-28,39-40,49-53,55-56,63,71-74H,6-12,29-38H2,1-5H3,(H,64,76)(H,65,79)(H,66,78)(H,67,75)(H,68,77)/t39-,40-,49?,50?,51?,52-,53?,55?,56?/m1/s1. The number of ether oxygens (including phenoxy) is 2. The molecule has 6 rings (SSSR count). The molecule has 0 radical (unpaired) electrons. The molecular formula is C62H84N8O13. The Morgan fingerprint density at radius 1 is 0.687 bits per heavy atom. The van der Waals surface area contributed by atoms with Gasteiger partial charge in [0.1, 0.15) is 41.7 Å². The minimum absolute atomic E-state index is 0.0341. The van der Waals surface area contributed by atoms with Crippen molar-refractivity contribution in [3.63, 3.8) is 0 Å². The molecule has 6 unspecified atom stereocenters. The summed E-state index contributed by atoms with van der Waals surface area (Å²) in [5.41, 5.74) is 4.68. The number of aromatic hydroxyl groups is 1. The van der Waals surface area contributed by atoms with E-state index >= 15 is 0 Å². The fourth-order valence-electron chi connectivity index (χ4n) is 10.3. The van der Waals surface area contributed by atoms with E-state index in [9.17, 15) is 48.9 Å². The van der Waals surface area contributed by atoms with Crippen LogP contribution < -0.4 is 36.6 Å². The van der Waals surface area contributed by atoms with Crippen molar-refractivity contribution in [1.29, 1.82) is 0 Å². The third-order valence-electron chi connectivity index (χ3n) is 14.9. The van der Waals surface area contributed by atoms with Crippen molar-refractivity contribution >= 4 is 41.4 Å². The Kier molecular flexibility index (Phi) is 25.3. The van der Waals surface area contributed by atoms with Crippen LogP contribution in [0.4, 0.5) is 0 Å². The Morgan fingerprint density at radius 3 is 1.92 bits per heavy atom. The molecule has 2 heterocycles. The van der Waals surface area contributed by atoms with Crippen molar-refractivity contribution in [2.45, 2.75) is 141 Å². The summed E-state index contributed by atoms with van der Waals surface area (Å²) in [6.45, 7) is 10.1. The lowest BCUT2D eigenvalue weighted by atomic mass is 9.99. The van der Waals surface area contributed by atoms with Gasteiger partial charge in [-0.05, 0) is 116 Å². The minimum Gasteiger partial charge on any atom is -0.508 e. The number of amides is 7. The van der Waals surface area contributed by atoms with E-state index < -0.39 is 90.6 Å². The Morgan fingerprint density at radius 2 is 1.31 bits per heavy atom. The van der Waals surface area contributed by atoms with Crippen LogP contribution in [0, 0.1) is 5.92 Å². The van der Waals surface area contributed by atoms with E-state index in [-0.39, 0.29) is 68.7 Å². The Bertz CT molecular complexity index is 2750. The highest BCUT2D eigenvalue weighted by atomic mass is 16.5. The maximum Gasteiger partial charge on any atom is 0.251 e. The number of aliphatic hydroxyl groups excluding tert-OH is 3. The summed E-state index contributed by atoms with van der Waals surface area (Å²) >= 11 is 0. The van der Waals surface area contributed by atoms with Crippen LogP contribution in [0.3, 0.4) is 0 Å². The van der Waals surface area contributed by atoms with Gasteiger partial charge in [0.25, 0.3) is 5.91 Å². The Labute approximate surface area is 486 Å². The van der Waals surface area contributed by atoms with Crippen LogP contribution in [0.1, 0.15) is 102 Å². The number of aliphatic hydroxyl groups is 3. The summed E-state index contributed by atoms with van der Waals surface area (Å²) in [4.78, 5) is 100. The molecule has 83 heavy (non-hydrogen) atoms. The molecule has 7 amide bonds. The SMILES string of the molecule is CCCCCOc1ccc(-c2ccc(-c3ccc(C(=O)NCC(=O)NC(C(=O)N4CCCC4C(=O)NC(C(=O)NC(CC)C(=O)N4C[C@H](C)CC4C(=O)NC(CC)NCCOCCO)[C@H](O)Cc4ccc(O)cc4)[C@@H](C)O)cc3)cc2)cc1. The number of phenols is 1. The Balaban J connectivity index is 1.06. The molecule has 21 heteroatoms. The second kappa shape index (κ2) is 32.4. The third-order valence-corrected chi connectivity index (χ3v) is 14.9. The van der Waals surface area contributed by atoms with Gasteiger partial charge in [0.2, 0.25) is 35.4 Å². The number of unbranched alkanes of at least 4 members (excludes halogenated alkanes) is 2. The van der Waals surface area contributed by atoms with Crippen LogP contribution in [-0.4, -0.2) is 173 Å². The third kappa shape index (κ3) is 18.8. The number of likely N-dealkylation sites (tertiary alicyclic amines) is 2.